The van der Waals surface area contributed by atoms with Gasteiger partial charge in [0.1, 0.15) is 11.4 Å². The van der Waals surface area contributed by atoms with Crippen LogP contribution in [-0.2, 0) is 0 Å². The lowest BCUT2D eigenvalue weighted by Crippen LogP contribution is -2.66. The fraction of sp³-hybridized carbons (Fsp3) is 0.524. The molecule has 0 aliphatic carbocycles. The first-order valence-corrected chi connectivity index (χ1v) is 9.66. The number of benzene rings is 1. The van der Waals surface area contributed by atoms with Crippen LogP contribution in [0.1, 0.15) is 43.2 Å². The topological polar surface area (TPSA) is 58.8 Å². The number of amides is 1. The molecule has 2 atom stereocenters. The Morgan fingerprint density at radius 2 is 2.04 bits per heavy atom. The summed E-state index contributed by atoms with van der Waals surface area (Å²) in [5.74, 6) is 1.05. The highest BCUT2D eigenvalue weighted by molar-refractivity contribution is 5.92. The minimum atomic E-state index is -0.0477. The number of carbonyl (C=O) groups excluding carboxylic acids is 1. The summed E-state index contributed by atoms with van der Waals surface area (Å²) < 4.78 is 10.6. The molecule has 2 fully saturated rings. The Labute approximate surface area is 160 Å². The van der Waals surface area contributed by atoms with Gasteiger partial charge in [-0.25, -0.2) is 0 Å². The molecule has 0 unspecified atom stereocenters. The number of methoxy groups -OCH3 is 1. The smallest absolute Gasteiger partial charge is 0.292 e. The van der Waals surface area contributed by atoms with Crippen LogP contribution >= 0.6 is 0 Å². The lowest BCUT2D eigenvalue weighted by atomic mass is 9.76. The molecule has 1 amide bonds. The van der Waals surface area contributed by atoms with Crippen LogP contribution in [0.15, 0.2) is 34.9 Å². The van der Waals surface area contributed by atoms with Gasteiger partial charge < -0.3 is 14.2 Å². The summed E-state index contributed by atoms with van der Waals surface area (Å²) in [5, 5.41) is 4.12. The molecule has 4 rings (SSSR count). The number of fused-ring (bicyclic) bond motifs is 1. The van der Waals surface area contributed by atoms with Crippen LogP contribution in [0.25, 0.3) is 11.3 Å². The van der Waals surface area contributed by atoms with Gasteiger partial charge in [-0.15, -0.1) is 0 Å². The van der Waals surface area contributed by atoms with Gasteiger partial charge in [-0.2, -0.15) is 0 Å². The largest absolute Gasteiger partial charge is 0.497 e. The minimum absolute atomic E-state index is 0.0466. The maximum Gasteiger partial charge on any atom is 0.292 e. The Balaban J connectivity index is 1.56. The van der Waals surface area contributed by atoms with Crippen LogP contribution in [0, 0.1) is 0 Å². The number of nitrogens with zero attached hydrogens (tertiary/aromatic N) is 3. The van der Waals surface area contributed by atoms with E-state index in [0.717, 1.165) is 50.1 Å². The molecule has 144 valence electrons. The van der Waals surface area contributed by atoms with Crippen molar-refractivity contribution in [3.05, 3.63) is 36.1 Å². The molecule has 0 spiro atoms. The van der Waals surface area contributed by atoms with Gasteiger partial charge in [0.15, 0.2) is 0 Å². The van der Waals surface area contributed by atoms with E-state index in [1.807, 2.05) is 29.2 Å². The Morgan fingerprint density at radius 3 is 2.78 bits per heavy atom. The van der Waals surface area contributed by atoms with E-state index in [2.05, 4.69) is 24.0 Å². The average molecular weight is 369 g/mol. The van der Waals surface area contributed by atoms with Crippen molar-refractivity contribution in [3.8, 4) is 17.0 Å². The number of hydrogen-bond acceptors (Lipinski definition) is 5. The van der Waals surface area contributed by atoms with E-state index < -0.39 is 0 Å². The predicted octanol–water partition coefficient (Wildman–Crippen LogP) is 3.44. The van der Waals surface area contributed by atoms with Crippen LogP contribution in [0.4, 0.5) is 0 Å². The van der Waals surface area contributed by atoms with E-state index >= 15 is 0 Å². The van der Waals surface area contributed by atoms with Crippen LogP contribution in [0.5, 0.6) is 5.75 Å². The van der Waals surface area contributed by atoms with E-state index in [9.17, 15) is 4.79 Å². The van der Waals surface area contributed by atoms with Gasteiger partial charge >= 0.3 is 0 Å². The molecule has 2 aromatic rings. The highest BCUT2D eigenvalue weighted by Crippen LogP contribution is 2.38. The monoisotopic (exact) mass is 369 g/mol. The van der Waals surface area contributed by atoms with Gasteiger partial charge in [-0.05, 0) is 70.5 Å². The van der Waals surface area contributed by atoms with Gasteiger partial charge in [-0.1, -0.05) is 5.16 Å². The first kappa shape index (κ1) is 18.0. The van der Waals surface area contributed by atoms with Gasteiger partial charge in [-0.3, -0.25) is 9.69 Å². The van der Waals surface area contributed by atoms with Crippen LogP contribution in [0.2, 0.25) is 0 Å². The summed E-state index contributed by atoms with van der Waals surface area (Å²) in [6.45, 7) is 4.17. The van der Waals surface area contributed by atoms with Crippen molar-refractivity contribution in [2.24, 2.45) is 0 Å². The maximum absolute atomic E-state index is 13.2. The zero-order valence-electron chi connectivity index (χ0n) is 16.3. The van der Waals surface area contributed by atoms with E-state index in [1.165, 1.54) is 0 Å². The normalized spacial score (nSPS) is 25.9. The molecule has 2 aliphatic rings. The van der Waals surface area contributed by atoms with Crippen molar-refractivity contribution in [1.29, 1.82) is 0 Å². The molecule has 2 saturated heterocycles. The maximum atomic E-state index is 13.2. The number of ether oxygens (including phenoxy) is 1. The van der Waals surface area contributed by atoms with Crippen molar-refractivity contribution in [3.63, 3.8) is 0 Å². The molecular formula is C21H27N3O3. The predicted molar refractivity (Wildman–Crippen MR) is 103 cm³/mol. The standard InChI is InChI=1S/C21H27N3O3/c1-21-11-5-13-24(19(21)6-4-12-23(21)2)20(25)18-14-17(22-27-18)15-7-9-16(26-3)10-8-15/h7-10,14,19H,4-6,11-13H2,1-3H3/t19-,21-/m0/s1. The van der Waals surface area contributed by atoms with Crippen LogP contribution in [0.3, 0.4) is 0 Å². The molecule has 1 aromatic carbocycles. The number of likely N-dealkylation sites (tertiary alicyclic amines) is 2. The Hall–Kier alpha value is -2.34. The summed E-state index contributed by atoms with van der Waals surface area (Å²) in [7, 11) is 3.81. The van der Waals surface area contributed by atoms with Crippen molar-refractivity contribution in [1.82, 2.24) is 15.0 Å². The van der Waals surface area contributed by atoms with Crippen LogP contribution < -0.4 is 4.74 Å². The molecule has 1 aromatic heterocycles. The molecule has 6 heteroatoms. The third-order valence-electron chi connectivity index (χ3n) is 6.39. The number of rotatable bonds is 3. The number of hydrogen-bond donors (Lipinski definition) is 0. The lowest BCUT2D eigenvalue weighted by molar-refractivity contribution is -0.0360. The van der Waals surface area contributed by atoms with Crippen molar-refractivity contribution in [2.75, 3.05) is 27.2 Å². The Kier molecular flexibility index (Phi) is 4.68. The third-order valence-corrected chi connectivity index (χ3v) is 6.39. The van der Waals surface area contributed by atoms with Gasteiger partial charge in [0, 0.05) is 23.7 Å². The molecule has 3 heterocycles. The van der Waals surface area contributed by atoms with E-state index in [0.29, 0.717) is 11.5 Å². The molecule has 6 nitrogen and oxygen atoms in total. The zero-order valence-corrected chi connectivity index (χ0v) is 16.3. The number of likely N-dealkylation sites (N-methyl/N-ethyl adjacent to an activating group) is 1. The molecular weight excluding hydrogens is 342 g/mol. The average Bonchev–Trinajstić information content (AvgIpc) is 3.18. The summed E-state index contributed by atoms with van der Waals surface area (Å²) in [5.41, 5.74) is 1.62. The quantitative estimate of drug-likeness (QED) is 0.829. The van der Waals surface area contributed by atoms with Crippen LogP contribution in [-0.4, -0.2) is 59.7 Å². The molecule has 0 saturated carbocycles. The van der Waals surface area contributed by atoms with E-state index in [1.54, 1.807) is 13.2 Å². The lowest BCUT2D eigenvalue weighted by Gasteiger charge is -2.55. The second-order valence-corrected chi connectivity index (χ2v) is 7.84. The summed E-state index contributed by atoms with van der Waals surface area (Å²) >= 11 is 0. The Morgan fingerprint density at radius 1 is 1.26 bits per heavy atom. The second-order valence-electron chi connectivity index (χ2n) is 7.84. The van der Waals surface area contributed by atoms with Gasteiger partial charge in [0.2, 0.25) is 5.76 Å². The molecule has 0 radical (unpaired) electrons. The molecule has 0 bridgehead atoms. The fourth-order valence-electron chi connectivity index (χ4n) is 4.61. The van der Waals surface area contributed by atoms with Crippen molar-refractivity contribution in [2.45, 2.75) is 44.2 Å². The molecule has 2 aliphatic heterocycles. The zero-order chi connectivity index (χ0) is 19.0. The first-order chi connectivity index (χ1) is 13.0. The molecule has 0 N–H and O–H groups in total. The first-order valence-electron chi connectivity index (χ1n) is 9.66. The number of aromatic nitrogens is 1. The summed E-state index contributed by atoms with van der Waals surface area (Å²) in [4.78, 5) is 17.6. The summed E-state index contributed by atoms with van der Waals surface area (Å²) in [6.07, 6.45) is 4.31. The van der Waals surface area contributed by atoms with Gasteiger partial charge in [0.05, 0.1) is 13.2 Å². The Bertz CT molecular complexity index is 816. The highest BCUT2D eigenvalue weighted by Gasteiger charge is 2.47. The number of piperidine rings is 2. The van der Waals surface area contributed by atoms with Crippen molar-refractivity contribution >= 4 is 5.91 Å². The summed E-state index contributed by atoms with van der Waals surface area (Å²) in [6, 6.07) is 9.56. The SMILES string of the molecule is COc1ccc(-c2cc(C(=O)N3CCC[C@@]4(C)[C@@H]3CCCN4C)on2)cc1. The van der Waals surface area contributed by atoms with E-state index in [4.69, 9.17) is 9.26 Å². The fourth-order valence-corrected chi connectivity index (χ4v) is 4.61. The van der Waals surface area contributed by atoms with Crippen molar-refractivity contribution < 1.29 is 14.1 Å². The third kappa shape index (κ3) is 3.12. The van der Waals surface area contributed by atoms with Gasteiger partial charge in [0.25, 0.3) is 5.91 Å². The second kappa shape index (κ2) is 7.00. The number of carbonyl (C=O) groups is 1. The highest BCUT2D eigenvalue weighted by atomic mass is 16.5. The molecule has 27 heavy (non-hydrogen) atoms. The minimum Gasteiger partial charge on any atom is -0.497 e. The van der Waals surface area contributed by atoms with E-state index in [-0.39, 0.29) is 17.5 Å².